The lowest BCUT2D eigenvalue weighted by molar-refractivity contribution is 0.400. The molecule has 0 saturated carbocycles. The molecule has 0 radical (unpaired) electrons. The molecule has 0 spiro atoms. The summed E-state index contributed by atoms with van der Waals surface area (Å²) < 4.78 is 46.0. The van der Waals surface area contributed by atoms with Gasteiger partial charge in [0.1, 0.15) is 5.52 Å². The average Bonchev–Trinajstić information content (AvgIpc) is 2.47. The van der Waals surface area contributed by atoms with Gasteiger partial charge < -0.3 is 10.5 Å². The Hall–Kier alpha value is -2.76. The first-order valence-corrected chi connectivity index (χ1v) is 6.02. The molecule has 0 atom stereocenters. The number of nitrogens with two attached hydrogens (primary N) is 1. The quantitative estimate of drug-likeness (QED) is 0.725. The Morgan fingerprint density at radius 2 is 1.81 bits per heavy atom. The van der Waals surface area contributed by atoms with Gasteiger partial charge in [0.2, 0.25) is 5.82 Å². The van der Waals surface area contributed by atoms with Gasteiger partial charge in [0.25, 0.3) is 0 Å². The summed E-state index contributed by atoms with van der Waals surface area (Å²) >= 11 is 0. The highest BCUT2D eigenvalue weighted by Gasteiger charge is 2.17. The molecule has 3 nitrogen and oxygen atoms in total. The number of aromatic nitrogens is 1. The predicted molar refractivity (Wildman–Crippen MR) is 72.5 cm³/mol. The molecular weight excluding hydrogens is 281 g/mol. The van der Waals surface area contributed by atoms with Gasteiger partial charge in [0.15, 0.2) is 23.1 Å². The van der Waals surface area contributed by atoms with E-state index in [0.29, 0.717) is 5.39 Å². The number of rotatable bonds is 2. The Bertz CT molecular complexity index is 837. The van der Waals surface area contributed by atoms with Crippen LogP contribution in [0.15, 0.2) is 42.6 Å². The van der Waals surface area contributed by atoms with Crippen molar-refractivity contribution < 1.29 is 17.9 Å². The van der Waals surface area contributed by atoms with E-state index in [4.69, 9.17) is 10.5 Å². The average molecular weight is 290 g/mol. The highest BCUT2D eigenvalue weighted by atomic mass is 19.2. The summed E-state index contributed by atoms with van der Waals surface area (Å²) in [6, 6.07) is 7.71. The minimum atomic E-state index is -1.20. The number of hydrogen-bond acceptors (Lipinski definition) is 3. The number of anilines is 1. The zero-order chi connectivity index (χ0) is 15.0. The summed E-state index contributed by atoms with van der Waals surface area (Å²) in [4.78, 5) is 3.99. The molecule has 106 valence electrons. The van der Waals surface area contributed by atoms with Crippen molar-refractivity contribution >= 4 is 16.6 Å². The summed E-state index contributed by atoms with van der Waals surface area (Å²) in [5.74, 6) is -3.81. The predicted octanol–water partition coefficient (Wildman–Crippen LogP) is 4.03. The number of pyridine rings is 1. The van der Waals surface area contributed by atoms with E-state index in [1.54, 1.807) is 12.1 Å². The molecule has 6 heteroatoms. The zero-order valence-corrected chi connectivity index (χ0v) is 10.6. The van der Waals surface area contributed by atoms with Gasteiger partial charge in [-0.3, -0.25) is 4.98 Å². The number of nitrogens with zero attached hydrogens (tertiary/aromatic N) is 1. The van der Waals surface area contributed by atoms with Crippen LogP contribution in [-0.4, -0.2) is 4.98 Å². The summed E-state index contributed by atoms with van der Waals surface area (Å²) in [5.41, 5.74) is 6.02. The van der Waals surface area contributed by atoms with Gasteiger partial charge >= 0.3 is 0 Å². The van der Waals surface area contributed by atoms with Crippen LogP contribution in [0.5, 0.6) is 11.5 Å². The van der Waals surface area contributed by atoms with E-state index in [-0.39, 0.29) is 17.0 Å². The monoisotopic (exact) mass is 290 g/mol. The Labute approximate surface area is 117 Å². The van der Waals surface area contributed by atoms with Gasteiger partial charge in [0.05, 0.1) is 0 Å². The van der Waals surface area contributed by atoms with Crippen molar-refractivity contribution in [1.82, 2.24) is 4.98 Å². The molecule has 0 unspecified atom stereocenters. The van der Waals surface area contributed by atoms with Crippen LogP contribution in [0.3, 0.4) is 0 Å². The highest BCUT2D eigenvalue weighted by molar-refractivity contribution is 5.94. The Morgan fingerprint density at radius 3 is 2.62 bits per heavy atom. The van der Waals surface area contributed by atoms with E-state index in [0.717, 1.165) is 12.1 Å². The van der Waals surface area contributed by atoms with Gasteiger partial charge in [-0.05, 0) is 24.3 Å². The molecule has 21 heavy (non-hydrogen) atoms. The van der Waals surface area contributed by atoms with Crippen molar-refractivity contribution in [2.45, 2.75) is 0 Å². The molecule has 1 aromatic heterocycles. The van der Waals surface area contributed by atoms with E-state index in [1.165, 1.54) is 18.3 Å². The number of ether oxygens (including phenoxy) is 1. The van der Waals surface area contributed by atoms with E-state index < -0.39 is 23.2 Å². The molecule has 2 aromatic carbocycles. The molecule has 1 heterocycles. The van der Waals surface area contributed by atoms with Gasteiger partial charge in [-0.2, -0.15) is 4.39 Å². The van der Waals surface area contributed by atoms with E-state index >= 15 is 0 Å². The van der Waals surface area contributed by atoms with Crippen LogP contribution in [0.2, 0.25) is 0 Å². The summed E-state index contributed by atoms with van der Waals surface area (Å²) in [6.45, 7) is 0. The smallest absolute Gasteiger partial charge is 0.201 e. The summed E-state index contributed by atoms with van der Waals surface area (Å²) in [5, 5.41) is 0.464. The minimum absolute atomic E-state index is 0.138. The molecule has 3 aromatic rings. The second-order valence-electron chi connectivity index (χ2n) is 4.33. The first kappa shape index (κ1) is 13.2. The summed E-state index contributed by atoms with van der Waals surface area (Å²) in [6.07, 6.45) is 1.43. The third-order valence-electron chi connectivity index (χ3n) is 2.96. The van der Waals surface area contributed by atoms with Crippen LogP contribution in [0.4, 0.5) is 18.9 Å². The first-order valence-electron chi connectivity index (χ1n) is 6.02. The lowest BCUT2D eigenvalue weighted by Gasteiger charge is -2.11. The highest BCUT2D eigenvalue weighted by Crippen LogP contribution is 2.35. The Kier molecular flexibility index (Phi) is 3.13. The fourth-order valence-electron chi connectivity index (χ4n) is 1.98. The van der Waals surface area contributed by atoms with Crippen LogP contribution >= 0.6 is 0 Å². The van der Waals surface area contributed by atoms with E-state index in [1.807, 2.05) is 0 Å². The van der Waals surface area contributed by atoms with Crippen LogP contribution in [0.25, 0.3) is 10.9 Å². The van der Waals surface area contributed by atoms with Gasteiger partial charge in [-0.25, -0.2) is 8.78 Å². The number of benzene rings is 2. The SMILES string of the molecule is Nc1cc(F)c(Oc2cccc(F)c2F)c2ncccc12. The second kappa shape index (κ2) is 4.97. The van der Waals surface area contributed by atoms with Crippen LogP contribution in [0, 0.1) is 17.5 Å². The molecule has 0 fully saturated rings. The first-order chi connectivity index (χ1) is 10.1. The molecule has 0 amide bonds. The lowest BCUT2D eigenvalue weighted by atomic mass is 10.1. The maximum Gasteiger partial charge on any atom is 0.201 e. The number of nitrogen functional groups attached to an aromatic ring is 1. The van der Waals surface area contributed by atoms with Crippen LogP contribution < -0.4 is 10.5 Å². The fraction of sp³-hybridized carbons (Fsp3) is 0. The number of halogens is 3. The van der Waals surface area contributed by atoms with Crippen molar-refractivity contribution in [2.75, 3.05) is 5.73 Å². The molecule has 0 bridgehead atoms. The lowest BCUT2D eigenvalue weighted by Crippen LogP contribution is -1.98. The Morgan fingerprint density at radius 1 is 1.00 bits per heavy atom. The van der Waals surface area contributed by atoms with Gasteiger partial charge in [-0.1, -0.05) is 6.07 Å². The molecule has 3 rings (SSSR count). The zero-order valence-electron chi connectivity index (χ0n) is 10.6. The van der Waals surface area contributed by atoms with Crippen molar-refractivity contribution in [2.24, 2.45) is 0 Å². The van der Waals surface area contributed by atoms with Crippen molar-refractivity contribution in [3.8, 4) is 11.5 Å². The largest absolute Gasteiger partial charge is 0.449 e. The normalized spacial score (nSPS) is 10.8. The molecule has 0 saturated heterocycles. The van der Waals surface area contributed by atoms with Crippen molar-refractivity contribution in [3.63, 3.8) is 0 Å². The minimum Gasteiger partial charge on any atom is -0.449 e. The van der Waals surface area contributed by atoms with Crippen LogP contribution in [0.1, 0.15) is 0 Å². The topological polar surface area (TPSA) is 48.1 Å². The third kappa shape index (κ3) is 2.24. The number of fused-ring (bicyclic) bond motifs is 1. The molecular formula is C15H9F3N2O. The molecule has 2 N–H and O–H groups in total. The van der Waals surface area contributed by atoms with Gasteiger partial charge in [0, 0.05) is 23.3 Å². The van der Waals surface area contributed by atoms with E-state index in [9.17, 15) is 13.2 Å². The van der Waals surface area contributed by atoms with Crippen molar-refractivity contribution in [3.05, 3.63) is 60.0 Å². The number of hydrogen-bond donors (Lipinski definition) is 1. The van der Waals surface area contributed by atoms with Crippen molar-refractivity contribution in [1.29, 1.82) is 0 Å². The van der Waals surface area contributed by atoms with Crippen LogP contribution in [-0.2, 0) is 0 Å². The third-order valence-corrected chi connectivity index (χ3v) is 2.96. The maximum absolute atomic E-state index is 14.0. The maximum atomic E-state index is 14.0. The van der Waals surface area contributed by atoms with Gasteiger partial charge in [-0.15, -0.1) is 0 Å². The molecule has 0 aliphatic rings. The summed E-state index contributed by atoms with van der Waals surface area (Å²) in [7, 11) is 0. The standard InChI is InChI=1S/C15H9F3N2O/c16-9-4-1-5-12(13(9)18)21-15-10(17)7-11(19)8-3-2-6-20-14(8)15/h1-7H,19H2. The molecule has 0 aliphatic heterocycles. The van der Waals surface area contributed by atoms with E-state index in [2.05, 4.69) is 4.98 Å². The Balaban J connectivity index is 2.19. The molecule has 0 aliphatic carbocycles. The fourth-order valence-corrected chi connectivity index (χ4v) is 1.98. The second-order valence-corrected chi connectivity index (χ2v) is 4.33.